The van der Waals surface area contributed by atoms with Crippen LogP contribution in [-0.2, 0) is 16.4 Å². The monoisotopic (exact) mass is 533 g/mol. The number of Topliss-reactive ketones (excluding diaryl/α,β-unsaturated/α-hetero) is 1. The van der Waals surface area contributed by atoms with E-state index in [0.717, 1.165) is 28.0 Å². The third kappa shape index (κ3) is 4.55. The zero-order valence-electron chi connectivity index (χ0n) is 20.7. The number of alkyl halides is 3. The Morgan fingerprint density at radius 2 is 1.83 bits per heavy atom. The average molecular weight is 534 g/mol. The summed E-state index contributed by atoms with van der Waals surface area (Å²) < 4.78 is 40.8. The molecule has 0 amide bonds. The third-order valence-corrected chi connectivity index (χ3v) is 8.44. The molecule has 2 aromatic rings. The molecule has 2 heterocycles. The van der Waals surface area contributed by atoms with E-state index in [4.69, 9.17) is 17.3 Å². The van der Waals surface area contributed by atoms with Crippen LogP contribution in [0, 0.1) is 16.7 Å². The van der Waals surface area contributed by atoms with Gasteiger partial charge in [0.1, 0.15) is 5.82 Å². The molecule has 1 aromatic heterocycles. The molecule has 1 aromatic carbocycles. The Bertz CT molecular complexity index is 1360. The summed E-state index contributed by atoms with van der Waals surface area (Å²) >= 11 is 7.92. The summed E-state index contributed by atoms with van der Waals surface area (Å²) in [6.07, 6.45) is -3.97. The predicted molar refractivity (Wildman–Crippen MR) is 137 cm³/mol. The molecular weight excluding hydrogens is 507 g/mol. The lowest BCUT2D eigenvalue weighted by Crippen LogP contribution is -2.42. The fourth-order valence-electron chi connectivity index (χ4n) is 4.84. The molecule has 0 fully saturated rings. The Hall–Kier alpha value is -2.76. The van der Waals surface area contributed by atoms with Gasteiger partial charge in [0, 0.05) is 27.4 Å². The van der Waals surface area contributed by atoms with Gasteiger partial charge < -0.3 is 5.73 Å². The largest absolute Gasteiger partial charge is 0.416 e. The number of thiophene rings is 1. The molecule has 4 nitrogen and oxygen atoms in total. The van der Waals surface area contributed by atoms with Crippen LogP contribution in [0.4, 0.5) is 18.9 Å². The average Bonchev–Trinajstić information content (AvgIpc) is 3.22. The number of ketones is 1. The summed E-state index contributed by atoms with van der Waals surface area (Å²) in [6.45, 7) is 10.1. The second-order valence-electron chi connectivity index (χ2n) is 11.1. The quantitative estimate of drug-likeness (QED) is 0.430. The normalized spacial score (nSPS) is 20.5. The molecule has 36 heavy (non-hydrogen) atoms. The number of halogens is 4. The Morgan fingerprint density at radius 1 is 1.17 bits per heavy atom. The number of rotatable bonds is 2. The molecule has 2 N–H and O–H groups in total. The van der Waals surface area contributed by atoms with Crippen molar-refractivity contribution in [3.8, 4) is 6.07 Å². The van der Waals surface area contributed by atoms with Gasteiger partial charge in [-0.25, -0.2) is 0 Å². The maximum absolute atomic E-state index is 13.6. The number of hydrogen-bond donors (Lipinski definition) is 1. The van der Waals surface area contributed by atoms with Gasteiger partial charge in [-0.15, -0.1) is 11.3 Å². The first-order valence-electron chi connectivity index (χ1n) is 11.5. The van der Waals surface area contributed by atoms with Crippen LogP contribution < -0.4 is 10.6 Å². The number of allylic oxidation sites excluding steroid dienone is 3. The van der Waals surface area contributed by atoms with Gasteiger partial charge in [0.25, 0.3) is 0 Å². The molecule has 0 radical (unpaired) electrons. The number of nitrogens with two attached hydrogens (primary N) is 1. The highest BCUT2D eigenvalue weighted by atomic mass is 35.5. The van der Waals surface area contributed by atoms with E-state index >= 15 is 0 Å². The Kier molecular flexibility index (Phi) is 6.34. The van der Waals surface area contributed by atoms with E-state index < -0.39 is 23.1 Å². The van der Waals surface area contributed by atoms with Crippen LogP contribution in [0.25, 0.3) is 0 Å². The first-order chi connectivity index (χ1) is 16.5. The smallest absolute Gasteiger partial charge is 0.384 e. The van der Waals surface area contributed by atoms with Crippen LogP contribution in [-0.4, -0.2) is 5.78 Å². The van der Waals surface area contributed by atoms with E-state index in [1.807, 2.05) is 26.0 Å². The maximum Gasteiger partial charge on any atom is 0.416 e. The van der Waals surface area contributed by atoms with Gasteiger partial charge >= 0.3 is 6.18 Å². The number of nitrogens with zero attached hydrogens (tertiary/aromatic N) is 2. The van der Waals surface area contributed by atoms with Gasteiger partial charge in [-0.3, -0.25) is 9.69 Å². The van der Waals surface area contributed by atoms with Gasteiger partial charge in [-0.1, -0.05) is 46.2 Å². The Morgan fingerprint density at radius 3 is 2.39 bits per heavy atom. The standard InChI is InChI=1S/C27H27ClF3N3OS/c1-25(2,3)21-9-8-20(36-21)22-15(13-32)24(33)34(18-11-26(4,5)12-19(35)23(18)22)17-10-14(27(29,30)31)6-7-16(17)28/h6-10,22H,11-12,33H2,1-5H3/t22-/m0/s1. The molecule has 1 atom stereocenters. The minimum Gasteiger partial charge on any atom is -0.384 e. The third-order valence-electron chi connectivity index (χ3n) is 6.55. The molecule has 190 valence electrons. The van der Waals surface area contributed by atoms with Crippen molar-refractivity contribution in [3.05, 3.63) is 73.3 Å². The molecule has 0 spiro atoms. The van der Waals surface area contributed by atoms with Crippen molar-refractivity contribution < 1.29 is 18.0 Å². The lowest BCUT2D eigenvalue weighted by molar-refractivity contribution is -0.137. The lowest BCUT2D eigenvalue weighted by atomic mass is 9.69. The number of anilines is 1. The second-order valence-corrected chi connectivity index (χ2v) is 12.6. The first-order valence-corrected chi connectivity index (χ1v) is 12.7. The van der Waals surface area contributed by atoms with Crippen molar-refractivity contribution in [2.75, 3.05) is 4.90 Å². The van der Waals surface area contributed by atoms with Gasteiger partial charge in [-0.05, 0) is 47.6 Å². The van der Waals surface area contributed by atoms with E-state index in [0.29, 0.717) is 17.7 Å². The minimum atomic E-state index is -4.60. The first kappa shape index (κ1) is 26.3. The molecule has 1 aliphatic heterocycles. The summed E-state index contributed by atoms with van der Waals surface area (Å²) in [5, 5.41) is 10.2. The van der Waals surface area contributed by atoms with Crippen molar-refractivity contribution in [1.82, 2.24) is 0 Å². The van der Waals surface area contributed by atoms with E-state index in [1.54, 1.807) is 0 Å². The van der Waals surface area contributed by atoms with Gasteiger partial charge in [0.15, 0.2) is 5.78 Å². The molecule has 0 saturated carbocycles. The molecule has 1 aliphatic carbocycles. The van der Waals surface area contributed by atoms with Crippen molar-refractivity contribution >= 4 is 34.4 Å². The van der Waals surface area contributed by atoms with Gasteiger partial charge in [-0.2, -0.15) is 18.4 Å². The number of nitriles is 1. The summed E-state index contributed by atoms with van der Waals surface area (Å²) in [5.74, 6) is -0.848. The molecule has 0 saturated heterocycles. The van der Waals surface area contributed by atoms with E-state index in [1.165, 1.54) is 16.2 Å². The fraction of sp³-hybridized carbons (Fsp3) is 0.407. The van der Waals surface area contributed by atoms with Crippen LogP contribution in [0.5, 0.6) is 0 Å². The molecule has 4 rings (SSSR count). The number of benzene rings is 1. The minimum absolute atomic E-state index is 0.00486. The fourth-order valence-corrected chi connectivity index (χ4v) is 6.23. The number of hydrogen-bond acceptors (Lipinski definition) is 5. The van der Waals surface area contributed by atoms with Crippen LogP contribution in [0.2, 0.25) is 5.02 Å². The molecule has 0 unspecified atom stereocenters. The molecule has 0 bridgehead atoms. The number of carbonyl (C=O) groups is 1. The summed E-state index contributed by atoms with van der Waals surface area (Å²) in [7, 11) is 0. The van der Waals surface area contributed by atoms with E-state index in [2.05, 4.69) is 26.8 Å². The predicted octanol–water partition coefficient (Wildman–Crippen LogP) is 7.66. The van der Waals surface area contributed by atoms with Crippen LogP contribution >= 0.6 is 22.9 Å². The van der Waals surface area contributed by atoms with Crippen molar-refractivity contribution in [3.63, 3.8) is 0 Å². The lowest BCUT2D eigenvalue weighted by Gasteiger charge is -2.43. The Labute approximate surface area is 217 Å². The summed E-state index contributed by atoms with van der Waals surface area (Å²) in [4.78, 5) is 16.9. The summed E-state index contributed by atoms with van der Waals surface area (Å²) in [6, 6.07) is 9.03. The van der Waals surface area contributed by atoms with Crippen LogP contribution in [0.15, 0.2) is 53.0 Å². The van der Waals surface area contributed by atoms with Crippen LogP contribution in [0.3, 0.4) is 0 Å². The van der Waals surface area contributed by atoms with Gasteiger partial charge in [0.2, 0.25) is 0 Å². The number of carbonyl (C=O) groups excluding carboxylic acids is 1. The van der Waals surface area contributed by atoms with Crippen molar-refractivity contribution in [1.29, 1.82) is 5.26 Å². The van der Waals surface area contributed by atoms with E-state index in [-0.39, 0.29) is 39.7 Å². The highest BCUT2D eigenvalue weighted by Crippen LogP contribution is 2.52. The highest BCUT2D eigenvalue weighted by Gasteiger charge is 2.46. The van der Waals surface area contributed by atoms with Crippen molar-refractivity contribution in [2.45, 2.75) is 65.0 Å². The van der Waals surface area contributed by atoms with Crippen LogP contribution in [0.1, 0.15) is 68.7 Å². The van der Waals surface area contributed by atoms with Gasteiger partial charge in [0.05, 0.1) is 33.8 Å². The zero-order chi connectivity index (χ0) is 26.8. The van der Waals surface area contributed by atoms with Crippen molar-refractivity contribution in [2.24, 2.45) is 11.1 Å². The highest BCUT2D eigenvalue weighted by molar-refractivity contribution is 7.12. The summed E-state index contributed by atoms with van der Waals surface area (Å²) in [5.41, 5.74) is 6.08. The second kappa shape index (κ2) is 8.67. The molecule has 9 heteroatoms. The Balaban J connectivity index is 2.01. The van der Waals surface area contributed by atoms with E-state index in [9.17, 15) is 23.2 Å². The molecular formula is C27H27ClF3N3OS. The maximum atomic E-state index is 13.6. The zero-order valence-corrected chi connectivity index (χ0v) is 22.3. The molecule has 2 aliphatic rings. The SMILES string of the molecule is CC1(C)CC(=O)C2=C(C1)N(c1cc(C(F)(F)F)ccc1Cl)C(N)=C(C#N)[C@H]2c1ccc(C(C)(C)C)s1. The topological polar surface area (TPSA) is 70.1 Å².